The Labute approximate surface area is 132 Å². The molecule has 0 aliphatic rings. The highest BCUT2D eigenvalue weighted by Crippen LogP contribution is 2.28. The average Bonchev–Trinajstić information content (AvgIpc) is 2.41. The van der Waals surface area contributed by atoms with Crippen molar-refractivity contribution in [2.45, 2.75) is 6.54 Å². The fourth-order valence-electron chi connectivity index (χ4n) is 1.62. The normalized spacial score (nSPS) is 10.3. The van der Waals surface area contributed by atoms with Crippen LogP contribution in [0.5, 0.6) is 5.75 Å². The standard InChI is InChI=1S/C13H10Br2N2O3/c14-10-3-2-9(17(19)20)6-12(10)16-7-8-1-4-13(18)11(15)5-8/h1-6,16,18H,7H2. The van der Waals surface area contributed by atoms with E-state index in [1.54, 1.807) is 24.3 Å². The lowest BCUT2D eigenvalue weighted by molar-refractivity contribution is -0.384. The molecule has 0 saturated heterocycles. The molecule has 0 radical (unpaired) electrons. The largest absolute Gasteiger partial charge is 0.507 e. The SMILES string of the molecule is O=[N+]([O-])c1ccc(Br)c(NCc2ccc(O)c(Br)c2)c1. The molecule has 0 amide bonds. The Morgan fingerprint density at radius 3 is 2.55 bits per heavy atom. The summed E-state index contributed by atoms with van der Waals surface area (Å²) in [5.74, 6) is 0.172. The smallest absolute Gasteiger partial charge is 0.271 e. The van der Waals surface area contributed by atoms with Crippen LogP contribution in [0.25, 0.3) is 0 Å². The number of non-ortho nitro benzene ring substituents is 1. The summed E-state index contributed by atoms with van der Waals surface area (Å²) in [5, 5.41) is 23.3. The number of benzene rings is 2. The van der Waals surface area contributed by atoms with Gasteiger partial charge in [0.25, 0.3) is 5.69 Å². The molecule has 0 aliphatic heterocycles. The molecule has 0 unspecified atom stereocenters. The van der Waals surface area contributed by atoms with Crippen LogP contribution in [-0.2, 0) is 6.54 Å². The maximum absolute atomic E-state index is 10.7. The van der Waals surface area contributed by atoms with E-state index in [1.807, 2.05) is 0 Å². The molecule has 7 heteroatoms. The van der Waals surface area contributed by atoms with Crippen LogP contribution in [0.4, 0.5) is 11.4 Å². The van der Waals surface area contributed by atoms with Crippen LogP contribution < -0.4 is 5.32 Å². The first-order valence-electron chi connectivity index (χ1n) is 5.62. The molecule has 0 saturated carbocycles. The number of hydrogen-bond acceptors (Lipinski definition) is 4. The molecule has 5 nitrogen and oxygen atoms in total. The van der Waals surface area contributed by atoms with Gasteiger partial charge in [-0.15, -0.1) is 0 Å². The van der Waals surface area contributed by atoms with Gasteiger partial charge in [-0.25, -0.2) is 0 Å². The lowest BCUT2D eigenvalue weighted by atomic mass is 10.2. The average molecular weight is 402 g/mol. The summed E-state index contributed by atoms with van der Waals surface area (Å²) in [5.41, 5.74) is 1.61. The first-order valence-corrected chi connectivity index (χ1v) is 7.21. The van der Waals surface area contributed by atoms with E-state index in [-0.39, 0.29) is 11.4 Å². The third-order valence-corrected chi connectivity index (χ3v) is 3.98. The van der Waals surface area contributed by atoms with E-state index in [4.69, 9.17) is 0 Å². The van der Waals surface area contributed by atoms with Crippen LogP contribution in [0, 0.1) is 10.1 Å². The molecule has 2 N–H and O–H groups in total. The monoisotopic (exact) mass is 400 g/mol. The summed E-state index contributed by atoms with van der Waals surface area (Å²) in [7, 11) is 0. The van der Waals surface area contributed by atoms with E-state index in [2.05, 4.69) is 37.2 Å². The zero-order valence-electron chi connectivity index (χ0n) is 10.1. The van der Waals surface area contributed by atoms with Gasteiger partial charge in [0.05, 0.1) is 15.1 Å². The van der Waals surface area contributed by atoms with E-state index >= 15 is 0 Å². The van der Waals surface area contributed by atoms with E-state index in [9.17, 15) is 15.2 Å². The number of hydrogen-bond donors (Lipinski definition) is 2. The number of rotatable bonds is 4. The van der Waals surface area contributed by atoms with Crippen LogP contribution in [0.15, 0.2) is 45.3 Å². The molecule has 0 aromatic heterocycles. The summed E-state index contributed by atoms with van der Waals surface area (Å²) >= 11 is 6.59. The molecule has 0 atom stereocenters. The lowest BCUT2D eigenvalue weighted by Gasteiger charge is -2.09. The minimum absolute atomic E-state index is 0.0302. The van der Waals surface area contributed by atoms with Crippen LogP contribution in [0.2, 0.25) is 0 Å². The minimum atomic E-state index is -0.436. The van der Waals surface area contributed by atoms with E-state index in [0.717, 1.165) is 10.0 Å². The second kappa shape index (κ2) is 6.23. The Bertz CT molecular complexity index is 662. The molecule has 2 rings (SSSR count). The van der Waals surface area contributed by atoms with Crippen LogP contribution in [-0.4, -0.2) is 10.0 Å². The Kier molecular flexibility index (Phi) is 4.61. The first-order chi connectivity index (χ1) is 9.47. The second-order valence-corrected chi connectivity index (χ2v) is 5.77. The first kappa shape index (κ1) is 14.8. The predicted molar refractivity (Wildman–Crippen MR) is 83.9 cm³/mol. The number of nitro groups is 1. The summed E-state index contributed by atoms with van der Waals surface area (Å²) in [4.78, 5) is 10.3. The molecule has 0 fully saturated rings. The van der Waals surface area contributed by atoms with Crippen molar-refractivity contribution in [2.75, 3.05) is 5.32 Å². The number of phenols is 1. The van der Waals surface area contributed by atoms with Crippen molar-refractivity contribution >= 4 is 43.2 Å². The van der Waals surface area contributed by atoms with Gasteiger partial charge in [-0.1, -0.05) is 6.07 Å². The predicted octanol–water partition coefficient (Wildman–Crippen LogP) is 4.44. The van der Waals surface area contributed by atoms with E-state index < -0.39 is 4.92 Å². The Hall–Kier alpha value is -1.60. The Morgan fingerprint density at radius 2 is 1.90 bits per heavy atom. The van der Waals surface area contributed by atoms with Gasteiger partial charge >= 0.3 is 0 Å². The van der Waals surface area contributed by atoms with Gasteiger partial charge in [0.1, 0.15) is 5.75 Å². The minimum Gasteiger partial charge on any atom is -0.507 e. The number of halogens is 2. The highest BCUT2D eigenvalue weighted by molar-refractivity contribution is 9.11. The number of aromatic hydroxyl groups is 1. The third-order valence-electron chi connectivity index (χ3n) is 2.66. The van der Waals surface area contributed by atoms with Crippen molar-refractivity contribution in [1.29, 1.82) is 0 Å². The summed E-state index contributed by atoms with van der Waals surface area (Å²) < 4.78 is 1.36. The van der Waals surface area contributed by atoms with E-state index in [1.165, 1.54) is 12.1 Å². The fourth-order valence-corrected chi connectivity index (χ4v) is 2.43. The molecule has 0 spiro atoms. The molecule has 2 aromatic rings. The quantitative estimate of drug-likeness (QED) is 0.586. The number of anilines is 1. The number of nitrogens with zero attached hydrogens (tertiary/aromatic N) is 1. The highest BCUT2D eigenvalue weighted by Gasteiger charge is 2.09. The zero-order chi connectivity index (χ0) is 14.7. The van der Waals surface area contributed by atoms with Crippen LogP contribution in [0.3, 0.4) is 0 Å². The van der Waals surface area contributed by atoms with Crippen molar-refractivity contribution in [3.05, 3.63) is 61.0 Å². The molecule has 0 aliphatic carbocycles. The van der Waals surface area contributed by atoms with Crippen molar-refractivity contribution in [2.24, 2.45) is 0 Å². The number of nitro benzene ring substituents is 1. The maximum Gasteiger partial charge on any atom is 0.271 e. The number of phenolic OH excluding ortho intramolecular Hbond substituents is 1. The van der Waals surface area contributed by atoms with E-state index in [0.29, 0.717) is 16.7 Å². The summed E-state index contributed by atoms with van der Waals surface area (Å²) in [6, 6.07) is 9.69. The fraction of sp³-hybridized carbons (Fsp3) is 0.0769. The summed E-state index contributed by atoms with van der Waals surface area (Å²) in [6.45, 7) is 0.485. The van der Waals surface area contributed by atoms with Crippen LogP contribution >= 0.6 is 31.9 Å². The Balaban J connectivity index is 2.15. The van der Waals surface area contributed by atoms with Crippen molar-refractivity contribution in [3.63, 3.8) is 0 Å². The van der Waals surface area contributed by atoms with Gasteiger partial charge in [-0.2, -0.15) is 0 Å². The molecular formula is C13H10Br2N2O3. The molecule has 20 heavy (non-hydrogen) atoms. The molecule has 2 aromatic carbocycles. The van der Waals surface area contributed by atoms with Gasteiger partial charge in [-0.3, -0.25) is 10.1 Å². The topological polar surface area (TPSA) is 75.4 Å². The van der Waals surface area contributed by atoms with Crippen molar-refractivity contribution in [3.8, 4) is 5.75 Å². The molecule has 0 bridgehead atoms. The number of nitrogens with one attached hydrogen (secondary N) is 1. The van der Waals surface area contributed by atoms with Crippen molar-refractivity contribution in [1.82, 2.24) is 0 Å². The summed E-state index contributed by atoms with van der Waals surface area (Å²) in [6.07, 6.45) is 0. The molecule has 0 heterocycles. The maximum atomic E-state index is 10.7. The highest BCUT2D eigenvalue weighted by atomic mass is 79.9. The van der Waals surface area contributed by atoms with Gasteiger partial charge in [0.15, 0.2) is 0 Å². The second-order valence-electron chi connectivity index (χ2n) is 4.06. The zero-order valence-corrected chi connectivity index (χ0v) is 13.3. The Morgan fingerprint density at radius 1 is 1.15 bits per heavy atom. The van der Waals surface area contributed by atoms with Gasteiger partial charge in [0, 0.05) is 23.2 Å². The van der Waals surface area contributed by atoms with Crippen molar-refractivity contribution < 1.29 is 10.0 Å². The van der Waals surface area contributed by atoms with Gasteiger partial charge in [-0.05, 0) is 55.6 Å². The lowest BCUT2D eigenvalue weighted by Crippen LogP contribution is -2.01. The molecular weight excluding hydrogens is 392 g/mol. The van der Waals surface area contributed by atoms with Gasteiger partial charge in [0.2, 0.25) is 0 Å². The van der Waals surface area contributed by atoms with Gasteiger partial charge < -0.3 is 10.4 Å². The third kappa shape index (κ3) is 3.49. The van der Waals surface area contributed by atoms with Crippen LogP contribution in [0.1, 0.15) is 5.56 Å². The molecule has 104 valence electrons.